The first kappa shape index (κ1) is 18.2. The topological polar surface area (TPSA) is 54.2 Å². The Morgan fingerprint density at radius 1 is 1.27 bits per heavy atom. The molecule has 1 aromatic carbocycles. The summed E-state index contributed by atoms with van der Waals surface area (Å²) in [5.74, 6) is 1.28. The van der Waals surface area contributed by atoms with E-state index in [1.54, 1.807) is 24.6 Å². The van der Waals surface area contributed by atoms with Crippen LogP contribution in [0.1, 0.15) is 29.5 Å². The Hall–Kier alpha value is -2.60. The van der Waals surface area contributed by atoms with Crippen molar-refractivity contribution in [2.45, 2.75) is 25.9 Å². The van der Waals surface area contributed by atoms with Crippen LogP contribution < -0.4 is 10.6 Å². The molecule has 0 radical (unpaired) electrons. The Labute approximate surface area is 158 Å². The van der Waals surface area contributed by atoms with E-state index >= 15 is 0 Å². The van der Waals surface area contributed by atoms with Gasteiger partial charge in [-0.05, 0) is 39.4 Å². The fourth-order valence-electron chi connectivity index (χ4n) is 2.76. The molecule has 2 N–H and O–H groups in total. The summed E-state index contributed by atoms with van der Waals surface area (Å²) in [7, 11) is 1.81. The molecule has 0 fully saturated rings. The third kappa shape index (κ3) is 5.20. The number of rotatable bonds is 7. The zero-order valence-electron chi connectivity index (χ0n) is 15.2. The van der Waals surface area contributed by atoms with E-state index in [0.717, 1.165) is 25.6 Å². The number of aliphatic imine (C=N–C) groups is 1. The fraction of sp³-hybridized carbons (Fsp3) is 0.300. The summed E-state index contributed by atoms with van der Waals surface area (Å²) in [6, 6.07) is 10.8. The van der Waals surface area contributed by atoms with Crippen LogP contribution >= 0.6 is 11.3 Å². The summed E-state index contributed by atoms with van der Waals surface area (Å²) < 4.78 is 2.07. The van der Waals surface area contributed by atoms with E-state index < -0.39 is 0 Å². The predicted octanol–water partition coefficient (Wildman–Crippen LogP) is 3.46. The number of imidazole rings is 1. The standard InChI is InChI=1S/C20H25N5S/c1-16(19-6-9-26-14-19)11-23-20(21-2)24-12-17-4-3-5-18(10-17)13-25-8-7-22-15-25/h3-10,14-16H,11-13H2,1-2H3,(H2,21,23,24). The SMILES string of the molecule is CN=C(NCc1cccc(Cn2ccnc2)c1)NCC(C)c1ccsc1. The first-order valence-electron chi connectivity index (χ1n) is 8.75. The van der Waals surface area contributed by atoms with Gasteiger partial charge in [-0.15, -0.1) is 0 Å². The van der Waals surface area contributed by atoms with E-state index in [-0.39, 0.29) is 0 Å². The van der Waals surface area contributed by atoms with Gasteiger partial charge in [-0.2, -0.15) is 11.3 Å². The van der Waals surface area contributed by atoms with Gasteiger partial charge in [0.05, 0.1) is 6.33 Å². The van der Waals surface area contributed by atoms with Crippen LogP contribution in [0.4, 0.5) is 0 Å². The van der Waals surface area contributed by atoms with E-state index in [1.807, 2.05) is 12.5 Å². The van der Waals surface area contributed by atoms with Crippen LogP contribution in [-0.4, -0.2) is 29.1 Å². The lowest BCUT2D eigenvalue weighted by molar-refractivity contribution is 0.700. The minimum absolute atomic E-state index is 0.457. The second-order valence-electron chi connectivity index (χ2n) is 6.32. The maximum Gasteiger partial charge on any atom is 0.191 e. The summed E-state index contributed by atoms with van der Waals surface area (Å²) in [5, 5.41) is 11.1. The predicted molar refractivity (Wildman–Crippen MR) is 109 cm³/mol. The lowest BCUT2D eigenvalue weighted by Crippen LogP contribution is -2.38. The van der Waals surface area contributed by atoms with Gasteiger partial charge in [-0.25, -0.2) is 4.98 Å². The van der Waals surface area contributed by atoms with Crippen LogP contribution in [0.2, 0.25) is 0 Å². The number of thiophene rings is 1. The zero-order valence-corrected chi connectivity index (χ0v) is 16.0. The number of nitrogens with zero attached hydrogens (tertiary/aromatic N) is 3. The molecular formula is C20H25N5S. The highest BCUT2D eigenvalue weighted by molar-refractivity contribution is 7.07. The average molecular weight is 368 g/mol. The molecule has 2 heterocycles. The van der Waals surface area contributed by atoms with Crippen molar-refractivity contribution >= 4 is 17.3 Å². The molecule has 0 aliphatic carbocycles. The van der Waals surface area contributed by atoms with Crippen molar-refractivity contribution in [3.05, 3.63) is 76.5 Å². The monoisotopic (exact) mass is 367 g/mol. The Morgan fingerprint density at radius 2 is 2.15 bits per heavy atom. The fourth-order valence-corrected chi connectivity index (χ4v) is 3.54. The van der Waals surface area contributed by atoms with Crippen molar-refractivity contribution in [2.24, 2.45) is 4.99 Å². The van der Waals surface area contributed by atoms with E-state index in [4.69, 9.17) is 0 Å². The van der Waals surface area contributed by atoms with Crippen molar-refractivity contribution in [3.8, 4) is 0 Å². The van der Waals surface area contributed by atoms with Gasteiger partial charge in [0, 0.05) is 39.1 Å². The van der Waals surface area contributed by atoms with Crippen LogP contribution in [0.5, 0.6) is 0 Å². The summed E-state index contributed by atoms with van der Waals surface area (Å²) >= 11 is 1.74. The number of benzene rings is 1. The number of aromatic nitrogens is 2. The highest BCUT2D eigenvalue weighted by Gasteiger charge is 2.07. The highest BCUT2D eigenvalue weighted by atomic mass is 32.1. The summed E-state index contributed by atoms with van der Waals surface area (Å²) in [4.78, 5) is 8.42. The molecule has 0 bridgehead atoms. The van der Waals surface area contributed by atoms with E-state index in [0.29, 0.717) is 5.92 Å². The largest absolute Gasteiger partial charge is 0.356 e. The van der Waals surface area contributed by atoms with Crippen LogP contribution in [-0.2, 0) is 13.1 Å². The molecule has 0 saturated heterocycles. The molecule has 0 spiro atoms. The highest BCUT2D eigenvalue weighted by Crippen LogP contribution is 2.17. The molecule has 0 aliphatic rings. The van der Waals surface area contributed by atoms with Crippen molar-refractivity contribution in [1.82, 2.24) is 20.2 Å². The molecule has 3 aromatic rings. The molecule has 5 nitrogen and oxygen atoms in total. The summed E-state index contributed by atoms with van der Waals surface area (Å²) in [5.41, 5.74) is 3.86. The van der Waals surface area contributed by atoms with Gasteiger partial charge < -0.3 is 15.2 Å². The van der Waals surface area contributed by atoms with E-state index in [9.17, 15) is 0 Å². The van der Waals surface area contributed by atoms with Gasteiger partial charge in [0.1, 0.15) is 0 Å². The van der Waals surface area contributed by atoms with E-state index in [2.05, 4.69) is 73.2 Å². The second kappa shape index (κ2) is 9.20. The van der Waals surface area contributed by atoms with Gasteiger partial charge >= 0.3 is 0 Å². The number of hydrogen-bond donors (Lipinski definition) is 2. The Balaban J connectivity index is 1.50. The molecule has 26 heavy (non-hydrogen) atoms. The van der Waals surface area contributed by atoms with Gasteiger partial charge in [-0.3, -0.25) is 4.99 Å². The van der Waals surface area contributed by atoms with Crippen molar-refractivity contribution in [1.29, 1.82) is 0 Å². The Bertz CT molecular complexity index is 809. The molecule has 0 saturated carbocycles. The Morgan fingerprint density at radius 3 is 2.88 bits per heavy atom. The maximum absolute atomic E-state index is 4.32. The van der Waals surface area contributed by atoms with Crippen LogP contribution in [0.25, 0.3) is 0 Å². The lowest BCUT2D eigenvalue weighted by atomic mass is 10.1. The molecular weight excluding hydrogens is 342 g/mol. The zero-order chi connectivity index (χ0) is 18.2. The molecule has 1 unspecified atom stereocenters. The summed E-state index contributed by atoms with van der Waals surface area (Å²) in [6.45, 7) is 4.65. The van der Waals surface area contributed by atoms with E-state index in [1.165, 1.54) is 16.7 Å². The van der Waals surface area contributed by atoms with Gasteiger partial charge in [0.15, 0.2) is 5.96 Å². The number of hydrogen-bond acceptors (Lipinski definition) is 3. The second-order valence-corrected chi connectivity index (χ2v) is 7.10. The van der Waals surface area contributed by atoms with Crippen LogP contribution in [0.15, 0.2) is 64.8 Å². The molecule has 6 heteroatoms. The molecule has 1 atom stereocenters. The van der Waals surface area contributed by atoms with Crippen molar-refractivity contribution in [2.75, 3.05) is 13.6 Å². The smallest absolute Gasteiger partial charge is 0.191 e. The number of guanidine groups is 1. The Kier molecular flexibility index (Phi) is 6.44. The first-order chi connectivity index (χ1) is 12.7. The van der Waals surface area contributed by atoms with Crippen LogP contribution in [0, 0.1) is 0 Å². The number of nitrogens with one attached hydrogen (secondary N) is 2. The summed E-state index contributed by atoms with van der Waals surface area (Å²) in [6.07, 6.45) is 5.62. The van der Waals surface area contributed by atoms with Gasteiger partial charge in [-0.1, -0.05) is 31.2 Å². The van der Waals surface area contributed by atoms with Crippen LogP contribution in [0.3, 0.4) is 0 Å². The minimum Gasteiger partial charge on any atom is -0.356 e. The molecule has 3 rings (SSSR count). The molecule has 136 valence electrons. The molecule has 2 aromatic heterocycles. The maximum atomic E-state index is 4.32. The molecule has 0 amide bonds. The molecule has 0 aliphatic heterocycles. The third-order valence-corrected chi connectivity index (χ3v) is 4.99. The van der Waals surface area contributed by atoms with Crippen molar-refractivity contribution in [3.63, 3.8) is 0 Å². The third-order valence-electron chi connectivity index (χ3n) is 4.29. The van der Waals surface area contributed by atoms with Gasteiger partial charge in [0.2, 0.25) is 0 Å². The quantitative estimate of drug-likeness (QED) is 0.497. The van der Waals surface area contributed by atoms with Gasteiger partial charge in [0.25, 0.3) is 0 Å². The van der Waals surface area contributed by atoms with Crippen molar-refractivity contribution < 1.29 is 0 Å². The first-order valence-corrected chi connectivity index (χ1v) is 9.69. The average Bonchev–Trinajstić information content (AvgIpc) is 3.36. The normalized spacial score (nSPS) is 12.8. The lowest BCUT2D eigenvalue weighted by Gasteiger charge is -2.16. The minimum atomic E-state index is 0.457.